The third-order valence-corrected chi connectivity index (χ3v) is 7.94. The van der Waals surface area contributed by atoms with Crippen LogP contribution < -0.4 is 5.32 Å². The van der Waals surface area contributed by atoms with Gasteiger partial charge in [0.25, 0.3) is 5.91 Å². The fourth-order valence-corrected chi connectivity index (χ4v) is 6.09. The number of carbonyl (C=O) groups is 3. The minimum atomic E-state index is -1.51. The van der Waals surface area contributed by atoms with Crippen LogP contribution in [-0.2, 0) is 19.0 Å². The largest absolute Gasteiger partial charge is 0.508 e. The Morgan fingerprint density at radius 3 is 2.49 bits per heavy atom. The van der Waals surface area contributed by atoms with Crippen LogP contribution in [0.5, 0.6) is 0 Å². The van der Waals surface area contributed by atoms with Crippen LogP contribution in [0, 0.1) is 29.6 Å². The zero-order chi connectivity index (χ0) is 25.2. The molecule has 35 heavy (non-hydrogen) atoms. The number of hydrogen-bond acceptors (Lipinski definition) is 6. The molecule has 1 N–H and O–H groups in total. The molecule has 1 aromatic rings. The fourth-order valence-electron chi connectivity index (χ4n) is 6.09. The zero-order valence-corrected chi connectivity index (χ0v) is 21.1. The summed E-state index contributed by atoms with van der Waals surface area (Å²) in [6.45, 7) is 8.33. The Kier molecular flexibility index (Phi) is 7.53. The first-order chi connectivity index (χ1) is 16.8. The maximum Gasteiger partial charge on any atom is 0.508 e. The van der Waals surface area contributed by atoms with Gasteiger partial charge in [0.2, 0.25) is 0 Å². The number of carbonyl (C=O) groups excluding carboxylic acids is 3. The monoisotopic (exact) mass is 483 g/mol. The average molecular weight is 484 g/mol. The highest BCUT2D eigenvalue weighted by Crippen LogP contribution is 2.50. The molecule has 0 radical (unpaired) electrons. The van der Waals surface area contributed by atoms with Gasteiger partial charge in [0.1, 0.15) is 12.2 Å². The quantitative estimate of drug-likeness (QED) is 0.438. The number of benzene rings is 1. The number of esters is 1. The first-order valence-corrected chi connectivity index (χ1v) is 12.9. The van der Waals surface area contributed by atoms with E-state index in [1.807, 2.05) is 18.2 Å². The lowest BCUT2D eigenvalue weighted by molar-refractivity contribution is -0.170. The normalized spacial score (nSPS) is 33.4. The number of fused-ring (bicyclic) bond motifs is 2. The molecule has 1 aromatic carbocycles. The molecule has 0 spiro atoms. The second-order valence-corrected chi connectivity index (χ2v) is 10.6. The topological polar surface area (TPSA) is 90.9 Å². The first kappa shape index (κ1) is 25.3. The van der Waals surface area contributed by atoms with Crippen LogP contribution in [0.1, 0.15) is 63.7 Å². The van der Waals surface area contributed by atoms with E-state index in [9.17, 15) is 14.4 Å². The van der Waals surface area contributed by atoms with E-state index in [1.54, 1.807) is 31.2 Å². The molecular weight excluding hydrogens is 446 g/mol. The Balaban J connectivity index is 1.68. The third-order valence-electron chi connectivity index (χ3n) is 7.94. The first-order valence-electron chi connectivity index (χ1n) is 12.9. The van der Waals surface area contributed by atoms with Crippen molar-refractivity contribution in [3.05, 3.63) is 48.0 Å². The minimum Gasteiger partial charge on any atom is -0.460 e. The lowest BCUT2D eigenvalue weighted by Crippen LogP contribution is -2.66. The smallest absolute Gasteiger partial charge is 0.460 e. The SMILES string of the molecule is CCOC(=O)O[C@H]1[C@@H]2C=C[C@@H](C2)[C@]1(NC(=O)c1ccccc1)C(=O)O[C@@H]1C[C@H](C)CC[C@H]1C(C)C. The summed E-state index contributed by atoms with van der Waals surface area (Å²) in [6, 6.07) is 8.74. The molecule has 3 aliphatic rings. The summed E-state index contributed by atoms with van der Waals surface area (Å²) in [6.07, 6.45) is 5.35. The molecule has 2 fully saturated rings. The van der Waals surface area contributed by atoms with Crippen molar-refractivity contribution in [2.75, 3.05) is 6.61 Å². The molecule has 0 aromatic heterocycles. The molecule has 1 amide bonds. The highest BCUT2D eigenvalue weighted by molar-refractivity contribution is 5.99. The maximum atomic E-state index is 14.1. The predicted octanol–water partition coefficient (Wildman–Crippen LogP) is 4.91. The van der Waals surface area contributed by atoms with Crippen LogP contribution in [0.15, 0.2) is 42.5 Å². The van der Waals surface area contributed by atoms with Gasteiger partial charge in [-0.1, -0.05) is 57.5 Å². The Bertz CT molecular complexity index is 959. The predicted molar refractivity (Wildman–Crippen MR) is 130 cm³/mol. The average Bonchev–Trinajstić information content (AvgIpc) is 3.41. The van der Waals surface area contributed by atoms with E-state index in [-0.39, 0.29) is 30.5 Å². The zero-order valence-electron chi connectivity index (χ0n) is 21.1. The van der Waals surface area contributed by atoms with Crippen molar-refractivity contribution >= 4 is 18.0 Å². The van der Waals surface area contributed by atoms with Gasteiger partial charge < -0.3 is 19.5 Å². The van der Waals surface area contributed by atoms with Crippen LogP contribution >= 0.6 is 0 Å². The van der Waals surface area contributed by atoms with E-state index < -0.39 is 29.7 Å². The molecule has 7 nitrogen and oxygen atoms in total. The van der Waals surface area contributed by atoms with Crippen molar-refractivity contribution in [3.8, 4) is 0 Å². The lowest BCUT2D eigenvalue weighted by atomic mass is 9.75. The van der Waals surface area contributed by atoms with E-state index in [0.29, 0.717) is 23.8 Å². The van der Waals surface area contributed by atoms with Gasteiger partial charge in [-0.2, -0.15) is 0 Å². The summed E-state index contributed by atoms with van der Waals surface area (Å²) in [7, 11) is 0. The molecule has 2 saturated carbocycles. The van der Waals surface area contributed by atoms with Crippen LogP contribution in [0.25, 0.3) is 0 Å². The summed E-state index contributed by atoms with van der Waals surface area (Å²) in [5.74, 6) is -0.428. The maximum absolute atomic E-state index is 14.1. The molecule has 0 aliphatic heterocycles. The van der Waals surface area contributed by atoms with Crippen molar-refractivity contribution in [2.45, 2.75) is 71.1 Å². The van der Waals surface area contributed by atoms with Gasteiger partial charge in [-0.25, -0.2) is 9.59 Å². The summed E-state index contributed by atoms with van der Waals surface area (Å²) >= 11 is 0. The van der Waals surface area contributed by atoms with Crippen LogP contribution in [0.3, 0.4) is 0 Å². The van der Waals surface area contributed by atoms with Gasteiger partial charge in [0.05, 0.1) is 6.61 Å². The van der Waals surface area contributed by atoms with E-state index in [4.69, 9.17) is 14.2 Å². The number of hydrogen-bond donors (Lipinski definition) is 1. The van der Waals surface area contributed by atoms with Gasteiger partial charge in [-0.3, -0.25) is 4.79 Å². The molecule has 2 bridgehead atoms. The number of ether oxygens (including phenoxy) is 3. The van der Waals surface area contributed by atoms with E-state index >= 15 is 0 Å². The number of amides is 1. The van der Waals surface area contributed by atoms with Crippen molar-refractivity contribution in [1.29, 1.82) is 0 Å². The number of rotatable bonds is 7. The highest BCUT2D eigenvalue weighted by atomic mass is 16.7. The third kappa shape index (κ3) is 4.95. The van der Waals surface area contributed by atoms with Crippen molar-refractivity contribution < 1.29 is 28.6 Å². The van der Waals surface area contributed by atoms with Crippen LogP contribution in [-0.4, -0.2) is 42.4 Å². The number of nitrogens with one attached hydrogen (secondary N) is 1. The fraction of sp³-hybridized carbons (Fsp3) is 0.607. The Hall–Kier alpha value is -2.83. The summed E-state index contributed by atoms with van der Waals surface area (Å²) in [4.78, 5) is 39.8. The van der Waals surface area contributed by atoms with Gasteiger partial charge in [0, 0.05) is 17.4 Å². The van der Waals surface area contributed by atoms with Gasteiger partial charge in [-0.15, -0.1) is 0 Å². The molecule has 190 valence electrons. The summed E-state index contributed by atoms with van der Waals surface area (Å²) in [5, 5.41) is 2.98. The molecule has 0 heterocycles. The lowest BCUT2D eigenvalue weighted by Gasteiger charge is -2.42. The molecule has 0 unspecified atom stereocenters. The Morgan fingerprint density at radius 2 is 1.80 bits per heavy atom. The van der Waals surface area contributed by atoms with Crippen molar-refractivity contribution in [2.24, 2.45) is 29.6 Å². The molecular formula is C28H37NO6. The molecule has 0 saturated heterocycles. The van der Waals surface area contributed by atoms with Gasteiger partial charge in [-0.05, 0) is 56.1 Å². The van der Waals surface area contributed by atoms with Crippen LogP contribution in [0.4, 0.5) is 4.79 Å². The van der Waals surface area contributed by atoms with Crippen LogP contribution in [0.2, 0.25) is 0 Å². The summed E-state index contributed by atoms with van der Waals surface area (Å²) in [5.41, 5.74) is -1.09. The molecule has 4 rings (SSSR count). The second kappa shape index (κ2) is 10.4. The Labute approximate surface area is 207 Å². The standard InChI is InChI=1S/C28H37NO6/c1-5-33-27(32)35-24-20-12-13-21(16-20)28(24,29-25(30)19-9-7-6-8-10-19)26(31)34-23-15-18(4)11-14-22(23)17(2)3/h6-10,12-13,17-18,20-24H,5,11,14-16H2,1-4H3,(H,29,30)/t18-,20-,21+,22+,23-,24+,28-/m1/s1. The van der Waals surface area contributed by atoms with E-state index in [0.717, 1.165) is 19.3 Å². The molecule has 7 atom stereocenters. The van der Waals surface area contributed by atoms with Crippen molar-refractivity contribution in [1.82, 2.24) is 5.32 Å². The van der Waals surface area contributed by atoms with Crippen molar-refractivity contribution in [3.63, 3.8) is 0 Å². The van der Waals surface area contributed by atoms with E-state index in [2.05, 4.69) is 26.1 Å². The second-order valence-electron chi connectivity index (χ2n) is 10.6. The summed E-state index contributed by atoms with van der Waals surface area (Å²) < 4.78 is 17.0. The molecule has 3 aliphatic carbocycles. The Morgan fingerprint density at radius 1 is 1.06 bits per heavy atom. The van der Waals surface area contributed by atoms with Gasteiger partial charge >= 0.3 is 12.1 Å². The molecule has 7 heteroatoms. The van der Waals surface area contributed by atoms with Gasteiger partial charge in [0.15, 0.2) is 5.54 Å². The minimum absolute atomic E-state index is 0.152. The van der Waals surface area contributed by atoms with E-state index in [1.165, 1.54) is 0 Å². The highest BCUT2D eigenvalue weighted by Gasteiger charge is 2.65.